The van der Waals surface area contributed by atoms with Crippen molar-refractivity contribution in [1.82, 2.24) is 24.6 Å². The van der Waals surface area contributed by atoms with Gasteiger partial charge in [0.05, 0.1) is 46.1 Å². The predicted molar refractivity (Wildman–Crippen MR) is 232 cm³/mol. The molecule has 0 amide bonds. The molecule has 0 aliphatic heterocycles. The Morgan fingerprint density at radius 2 is 1.42 bits per heavy atom. The van der Waals surface area contributed by atoms with Crippen LogP contribution in [0.1, 0.15) is 36.1 Å². The van der Waals surface area contributed by atoms with Crippen LogP contribution in [0, 0.1) is 5.41 Å². The fourth-order valence-electron chi connectivity index (χ4n) is 6.39. The molecule has 2 heterocycles. The maximum absolute atomic E-state index is 14.0. The first kappa shape index (κ1) is 43.5. The summed E-state index contributed by atoms with van der Waals surface area (Å²) in [6.07, 6.45) is 2.86. The molecule has 0 fully saturated rings. The van der Waals surface area contributed by atoms with E-state index in [9.17, 15) is 9.36 Å². The van der Waals surface area contributed by atoms with Gasteiger partial charge >= 0.3 is 0 Å². The molecule has 59 heavy (non-hydrogen) atoms. The average Bonchev–Trinajstić information content (AvgIpc) is 3.69. The second kappa shape index (κ2) is 20.3. The van der Waals surface area contributed by atoms with Gasteiger partial charge in [0.25, 0.3) is 7.52 Å². The van der Waals surface area contributed by atoms with Gasteiger partial charge in [-0.15, -0.1) is 0 Å². The standard InChI is InChI=1S/C44H51N6O7PS/c1-43(2,29-56-44(34-13-9-6-10-14-34,35-15-19-37(53-3)20-16-35)36-17-21-38(54-4)22-18-36)39(51)28-59-26-25-57-58(52,49-27-33-11-7-5-8-12-33)32-55-24-23-50-31-48-40-41(45)46-30-47-42(40)50/h5-22,30-31H,23-29,32H2,1-4H3,(H,49,52)(H2,45,46,47). The maximum Gasteiger partial charge on any atom is 0.295 e. The predicted octanol–water partition coefficient (Wildman–Crippen LogP) is 7.74. The summed E-state index contributed by atoms with van der Waals surface area (Å²) in [6.45, 7) is 5.05. The number of anilines is 1. The zero-order chi connectivity index (χ0) is 41.7. The molecular weight excluding hydrogens is 788 g/mol. The van der Waals surface area contributed by atoms with Crippen LogP contribution in [-0.2, 0) is 42.0 Å². The number of nitrogen functional groups attached to an aromatic ring is 1. The molecule has 2 aromatic heterocycles. The first-order valence-electron chi connectivity index (χ1n) is 19.2. The Labute approximate surface area is 349 Å². The molecule has 0 saturated heterocycles. The Bertz CT molecular complexity index is 2250. The minimum Gasteiger partial charge on any atom is -0.497 e. The lowest BCUT2D eigenvalue weighted by Gasteiger charge is -2.38. The summed E-state index contributed by atoms with van der Waals surface area (Å²) in [7, 11) is -0.180. The molecule has 0 bridgehead atoms. The van der Waals surface area contributed by atoms with Gasteiger partial charge in [-0.25, -0.2) is 20.0 Å². The molecule has 1 atom stereocenters. The van der Waals surface area contributed by atoms with Crippen LogP contribution in [0.4, 0.5) is 5.82 Å². The summed E-state index contributed by atoms with van der Waals surface area (Å²) >= 11 is 1.42. The fourth-order valence-corrected chi connectivity index (χ4v) is 8.87. The van der Waals surface area contributed by atoms with E-state index in [1.807, 2.05) is 123 Å². The van der Waals surface area contributed by atoms with Crippen LogP contribution in [-0.4, -0.2) is 77.2 Å². The topological polar surface area (TPSA) is 162 Å². The first-order chi connectivity index (χ1) is 28.6. The molecule has 3 N–H and O–H groups in total. The van der Waals surface area contributed by atoms with Crippen LogP contribution < -0.4 is 20.3 Å². The summed E-state index contributed by atoms with van der Waals surface area (Å²) in [5.41, 5.74) is 8.75. The van der Waals surface area contributed by atoms with E-state index in [-0.39, 0.29) is 37.7 Å². The van der Waals surface area contributed by atoms with Gasteiger partial charge < -0.3 is 33.8 Å². The Hall–Kier alpha value is -5.08. The number of ether oxygens (including phenoxy) is 4. The molecule has 6 rings (SSSR count). The molecule has 15 heteroatoms. The molecule has 13 nitrogen and oxygen atoms in total. The van der Waals surface area contributed by atoms with Gasteiger partial charge in [0, 0.05) is 24.3 Å². The van der Waals surface area contributed by atoms with Crippen molar-refractivity contribution < 1.29 is 32.8 Å². The number of methoxy groups -OCH3 is 2. The van der Waals surface area contributed by atoms with Crippen molar-refractivity contribution in [2.45, 2.75) is 32.5 Å². The van der Waals surface area contributed by atoms with Gasteiger partial charge in [0.2, 0.25) is 0 Å². The average molecular weight is 839 g/mol. The number of fused-ring (bicyclic) bond motifs is 1. The highest BCUT2D eigenvalue weighted by Gasteiger charge is 2.41. The number of hydrogen-bond donors (Lipinski definition) is 2. The number of thioether (sulfide) groups is 1. The zero-order valence-corrected chi connectivity index (χ0v) is 35.5. The number of nitrogens with two attached hydrogens (primary N) is 1. The number of imidazole rings is 1. The molecule has 0 saturated carbocycles. The van der Waals surface area contributed by atoms with Crippen molar-refractivity contribution >= 4 is 42.0 Å². The lowest BCUT2D eigenvalue weighted by Crippen LogP contribution is -2.39. The minimum atomic E-state index is -3.45. The van der Waals surface area contributed by atoms with Crippen LogP contribution >= 0.6 is 19.3 Å². The molecule has 0 aliphatic rings. The number of aromatic nitrogens is 4. The summed E-state index contributed by atoms with van der Waals surface area (Å²) in [4.78, 5) is 26.4. The maximum atomic E-state index is 14.0. The number of Topliss-reactive ketones (excluding diaryl/α,β-unsaturated/α-hetero) is 1. The molecule has 0 aliphatic carbocycles. The monoisotopic (exact) mass is 838 g/mol. The Balaban J connectivity index is 1.08. The van der Waals surface area contributed by atoms with Gasteiger partial charge in [-0.2, -0.15) is 11.8 Å². The highest BCUT2D eigenvalue weighted by atomic mass is 32.2. The van der Waals surface area contributed by atoms with Crippen LogP contribution in [0.15, 0.2) is 122 Å². The third-order valence-electron chi connectivity index (χ3n) is 9.87. The Morgan fingerprint density at radius 3 is 2.05 bits per heavy atom. The van der Waals surface area contributed by atoms with Gasteiger partial charge in [-0.05, 0) is 46.5 Å². The number of carbonyl (C=O) groups is 1. The van der Waals surface area contributed by atoms with E-state index in [0.717, 1.165) is 33.8 Å². The Kier molecular flexibility index (Phi) is 14.9. The summed E-state index contributed by atoms with van der Waals surface area (Å²) in [5.74, 6) is 2.41. The molecule has 6 aromatic rings. The molecule has 310 valence electrons. The summed E-state index contributed by atoms with van der Waals surface area (Å²) in [5, 5.41) is 3.10. The van der Waals surface area contributed by atoms with Crippen molar-refractivity contribution in [3.8, 4) is 11.5 Å². The van der Waals surface area contributed by atoms with Crippen LogP contribution in [0.25, 0.3) is 11.2 Å². The minimum absolute atomic E-state index is 0.0155. The smallest absolute Gasteiger partial charge is 0.295 e. The largest absolute Gasteiger partial charge is 0.497 e. The number of benzene rings is 4. The second-order valence-electron chi connectivity index (χ2n) is 14.4. The van der Waals surface area contributed by atoms with Gasteiger partial charge in [0.1, 0.15) is 35.3 Å². The quantitative estimate of drug-likeness (QED) is 0.0367. The lowest BCUT2D eigenvalue weighted by atomic mass is 9.79. The van der Waals surface area contributed by atoms with Gasteiger partial charge in [-0.1, -0.05) is 98.8 Å². The highest BCUT2D eigenvalue weighted by molar-refractivity contribution is 7.99. The number of rotatable bonds is 23. The van der Waals surface area contributed by atoms with Crippen molar-refractivity contribution in [2.24, 2.45) is 5.41 Å². The third kappa shape index (κ3) is 11.0. The van der Waals surface area contributed by atoms with Gasteiger partial charge in [0.15, 0.2) is 17.2 Å². The van der Waals surface area contributed by atoms with Crippen molar-refractivity contribution in [3.63, 3.8) is 0 Å². The molecule has 0 radical (unpaired) electrons. The third-order valence-corrected chi connectivity index (χ3v) is 12.6. The summed E-state index contributed by atoms with van der Waals surface area (Å²) < 4.78 is 45.7. The lowest BCUT2D eigenvalue weighted by molar-refractivity contribution is -0.130. The molecule has 1 unspecified atom stereocenters. The van der Waals surface area contributed by atoms with E-state index in [2.05, 4.69) is 20.0 Å². The Morgan fingerprint density at radius 1 is 0.814 bits per heavy atom. The van der Waals surface area contributed by atoms with Crippen molar-refractivity contribution in [2.75, 3.05) is 57.6 Å². The van der Waals surface area contributed by atoms with Crippen molar-refractivity contribution in [3.05, 3.63) is 144 Å². The van der Waals surface area contributed by atoms with E-state index >= 15 is 0 Å². The van der Waals surface area contributed by atoms with Crippen LogP contribution in [0.3, 0.4) is 0 Å². The van der Waals surface area contributed by atoms with E-state index in [1.165, 1.54) is 18.1 Å². The fraction of sp³-hybridized carbons (Fsp3) is 0.318. The number of carbonyl (C=O) groups excluding carboxylic acids is 1. The highest BCUT2D eigenvalue weighted by Crippen LogP contribution is 2.44. The van der Waals surface area contributed by atoms with E-state index in [1.54, 1.807) is 25.1 Å². The van der Waals surface area contributed by atoms with Crippen LogP contribution in [0.2, 0.25) is 0 Å². The molecule has 0 spiro atoms. The summed E-state index contributed by atoms with van der Waals surface area (Å²) in [6, 6.07) is 35.3. The van der Waals surface area contributed by atoms with E-state index in [4.69, 9.17) is 29.2 Å². The zero-order valence-electron chi connectivity index (χ0n) is 33.8. The van der Waals surface area contributed by atoms with Crippen LogP contribution in [0.5, 0.6) is 11.5 Å². The van der Waals surface area contributed by atoms with Crippen molar-refractivity contribution in [1.29, 1.82) is 0 Å². The molecular formula is C44H51N6O7PS. The number of nitrogens with one attached hydrogen (secondary N) is 1. The van der Waals surface area contributed by atoms with E-state index in [0.29, 0.717) is 35.8 Å². The number of hydrogen-bond acceptors (Lipinski definition) is 12. The van der Waals surface area contributed by atoms with Gasteiger partial charge in [-0.3, -0.25) is 9.36 Å². The SMILES string of the molecule is COc1ccc(C(OCC(C)(C)C(=O)CSCCOP(=O)(COCCn2cnc3c(N)ncnc32)NCc2ccccc2)(c2ccccc2)c2ccc(OC)cc2)cc1. The number of ketones is 1. The second-order valence-corrected chi connectivity index (χ2v) is 17.7. The number of nitrogens with zero attached hydrogens (tertiary/aromatic N) is 4. The normalized spacial score (nSPS) is 12.9. The first-order valence-corrected chi connectivity index (χ1v) is 22.1. The molecule has 4 aromatic carbocycles. The van der Waals surface area contributed by atoms with E-state index < -0.39 is 18.5 Å².